The highest BCUT2D eigenvalue weighted by molar-refractivity contribution is 6.02. The highest BCUT2D eigenvalue weighted by Crippen LogP contribution is 2.30. The van der Waals surface area contributed by atoms with Crippen LogP contribution in [0.1, 0.15) is 23.7 Å². The molecule has 1 amide bonds. The quantitative estimate of drug-likeness (QED) is 0.449. The van der Waals surface area contributed by atoms with Gasteiger partial charge in [-0.2, -0.15) is 0 Å². The van der Waals surface area contributed by atoms with Crippen LogP contribution in [-0.4, -0.2) is 58.4 Å². The fraction of sp³-hybridized carbons (Fsp3) is 0.292. The van der Waals surface area contributed by atoms with Gasteiger partial charge >= 0.3 is 0 Å². The molecule has 0 spiro atoms. The molecule has 1 aliphatic rings. The van der Waals surface area contributed by atoms with E-state index in [0.29, 0.717) is 36.0 Å². The number of hydrogen-bond acceptors (Lipinski definition) is 8. The third-order valence-electron chi connectivity index (χ3n) is 5.51. The maximum Gasteiger partial charge on any atom is 0.219 e. The van der Waals surface area contributed by atoms with Gasteiger partial charge in [-0.15, -0.1) is 0 Å². The summed E-state index contributed by atoms with van der Waals surface area (Å²) in [5, 5.41) is 6.62. The highest BCUT2D eigenvalue weighted by Gasteiger charge is 2.32. The largest absolute Gasteiger partial charge is 0.370 e. The number of Topliss-reactive ketones (excluding diaryl/α,β-unsaturated/α-hetero) is 1. The van der Waals surface area contributed by atoms with Gasteiger partial charge in [-0.25, -0.2) is 9.97 Å². The molecule has 9 heteroatoms. The Morgan fingerprint density at radius 2 is 1.97 bits per heavy atom. The number of rotatable bonds is 8. The van der Waals surface area contributed by atoms with Crippen molar-refractivity contribution < 1.29 is 9.59 Å². The van der Waals surface area contributed by atoms with Crippen LogP contribution in [0.15, 0.2) is 61.1 Å². The number of primary amides is 1. The summed E-state index contributed by atoms with van der Waals surface area (Å²) in [6, 6.07) is 12.4. The number of nitrogens with one attached hydrogen (secondary N) is 2. The van der Waals surface area contributed by atoms with Gasteiger partial charge in [0, 0.05) is 55.6 Å². The Kier molecular flexibility index (Phi) is 6.89. The second kappa shape index (κ2) is 10.2. The Morgan fingerprint density at radius 3 is 2.70 bits per heavy atom. The number of aromatic nitrogens is 3. The molecule has 170 valence electrons. The average Bonchev–Trinajstić information content (AvgIpc) is 2.84. The van der Waals surface area contributed by atoms with Crippen molar-refractivity contribution in [2.24, 2.45) is 5.73 Å². The molecule has 2 aromatic heterocycles. The van der Waals surface area contributed by atoms with Crippen LogP contribution in [0.4, 0.5) is 11.5 Å². The van der Waals surface area contributed by atoms with Gasteiger partial charge in [0.05, 0.1) is 11.9 Å². The zero-order valence-electron chi connectivity index (χ0n) is 18.4. The molecule has 0 saturated carbocycles. The van der Waals surface area contributed by atoms with Crippen molar-refractivity contribution >= 4 is 23.2 Å². The van der Waals surface area contributed by atoms with E-state index in [4.69, 9.17) is 10.7 Å². The molecule has 1 aromatic carbocycles. The number of pyridine rings is 1. The van der Waals surface area contributed by atoms with Crippen molar-refractivity contribution in [2.75, 3.05) is 29.9 Å². The van der Waals surface area contributed by atoms with Crippen LogP contribution in [-0.2, 0) is 4.79 Å². The van der Waals surface area contributed by atoms with Crippen LogP contribution >= 0.6 is 0 Å². The van der Waals surface area contributed by atoms with Gasteiger partial charge in [0.25, 0.3) is 0 Å². The molecule has 1 aliphatic heterocycles. The third kappa shape index (κ3) is 5.32. The first kappa shape index (κ1) is 22.3. The monoisotopic (exact) mass is 445 g/mol. The molecule has 0 bridgehead atoms. The fourth-order valence-electron chi connectivity index (χ4n) is 3.94. The molecule has 33 heavy (non-hydrogen) atoms. The predicted molar refractivity (Wildman–Crippen MR) is 127 cm³/mol. The molecule has 2 atom stereocenters. The Hall–Kier alpha value is -3.85. The van der Waals surface area contributed by atoms with Crippen molar-refractivity contribution in [2.45, 2.75) is 25.4 Å². The lowest BCUT2D eigenvalue weighted by Gasteiger charge is -2.37. The van der Waals surface area contributed by atoms with Gasteiger partial charge in [-0.1, -0.05) is 30.3 Å². The normalized spacial score (nSPS) is 16.8. The highest BCUT2D eigenvalue weighted by atomic mass is 16.1. The second-order valence-electron chi connectivity index (χ2n) is 8.02. The van der Waals surface area contributed by atoms with Crippen LogP contribution in [0, 0.1) is 0 Å². The van der Waals surface area contributed by atoms with Crippen LogP contribution in [0.5, 0.6) is 0 Å². The second-order valence-corrected chi connectivity index (χ2v) is 8.02. The number of benzene rings is 1. The topological polar surface area (TPSA) is 126 Å². The van der Waals surface area contributed by atoms with Crippen LogP contribution < -0.4 is 21.3 Å². The molecule has 4 N–H and O–H groups in total. The van der Waals surface area contributed by atoms with Crippen molar-refractivity contribution in [1.29, 1.82) is 0 Å². The van der Waals surface area contributed by atoms with Gasteiger partial charge in [0.2, 0.25) is 5.91 Å². The van der Waals surface area contributed by atoms with Gasteiger partial charge < -0.3 is 21.3 Å². The summed E-state index contributed by atoms with van der Waals surface area (Å²) in [5.41, 5.74) is 7.58. The van der Waals surface area contributed by atoms with Gasteiger partial charge in [-0.05, 0) is 19.1 Å². The summed E-state index contributed by atoms with van der Waals surface area (Å²) in [6.07, 6.45) is 5.13. The molecule has 9 nitrogen and oxygen atoms in total. The van der Waals surface area contributed by atoms with E-state index in [9.17, 15) is 9.59 Å². The molecule has 3 heterocycles. The summed E-state index contributed by atoms with van der Waals surface area (Å²) < 4.78 is 0. The standard InChI is InChI=1S/C24H27N7O2/c1-16(13-21(25)32)29-24-20(15-28-23(30-24)18-5-3-2-4-6-18)31-12-11-27-14-19(31)22(33)17-7-9-26-10-8-17/h2-10,15-16,19,27H,11-14H2,1H3,(H2,25,32)(H,28,29,30). The Morgan fingerprint density at radius 1 is 1.21 bits per heavy atom. The van der Waals surface area contributed by atoms with E-state index in [1.807, 2.05) is 42.2 Å². The van der Waals surface area contributed by atoms with Crippen LogP contribution in [0.2, 0.25) is 0 Å². The minimum absolute atomic E-state index is 0.00660. The van der Waals surface area contributed by atoms with E-state index < -0.39 is 11.9 Å². The smallest absolute Gasteiger partial charge is 0.219 e. The van der Waals surface area contributed by atoms with Crippen LogP contribution in [0.3, 0.4) is 0 Å². The molecule has 0 aliphatic carbocycles. The third-order valence-corrected chi connectivity index (χ3v) is 5.51. The zero-order chi connectivity index (χ0) is 23.2. The van der Waals surface area contributed by atoms with Gasteiger partial charge in [-0.3, -0.25) is 14.6 Å². The number of ketones is 1. The summed E-state index contributed by atoms with van der Waals surface area (Å²) >= 11 is 0. The lowest BCUT2D eigenvalue weighted by Crippen LogP contribution is -2.55. The number of nitrogens with two attached hydrogens (primary N) is 1. The molecule has 0 radical (unpaired) electrons. The number of carbonyl (C=O) groups excluding carboxylic acids is 2. The number of carbonyl (C=O) groups is 2. The van der Waals surface area contributed by atoms with E-state index in [2.05, 4.69) is 20.6 Å². The first-order valence-corrected chi connectivity index (χ1v) is 10.9. The number of amides is 1. The van der Waals surface area contributed by atoms with Crippen molar-refractivity contribution in [3.63, 3.8) is 0 Å². The van der Waals surface area contributed by atoms with E-state index in [1.165, 1.54) is 0 Å². The van der Waals surface area contributed by atoms with E-state index in [-0.39, 0.29) is 18.2 Å². The zero-order valence-corrected chi connectivity index (χ0v) is 18.4. The van der Waals surface area contributed by atoms with Crippen LogP contribution in [0.25, 0.3) is 11.4 Å². The minimum Gasteiger partial charge on any atom is -0.370 e. The summed E-state index contributed by atoms with van der Waals surface area (Å²) in [5.74, 6) is 0.710. The number of nitrogens with zero attached hydrogens (tertiary/aromatic N) is 4. The molecule has 1 saturated heterocycles. The van der Waals surface area contributed by atoms with Gasteiger partial charge in [0.15, 0.2) is 17.4 Å². The molecular formula is C24H27N7O2. The first-order valence-electron chi connectivity index (χ1n) is 10.9. The Labute approximate surface area is 192 Å². The van der Waals surface area contributed by atoms with E-state index in [0.717, 1.165) is 12.1 Å². The molecule has 3 aromatic rings. The lowest BCUT2D eigenvalue weighted by atomic mass is 10.0. The molecule has 1 fully saturated rings. The fourth-order valence-corrected chi connectivity index (χ4v) is 3.94. The maximum atomic E-state index is 13.3. The average molecular weight is 446 g/mol. The number of anilines is 2. The van der Waals surface area contributed by atoms with Crippen molar-refractivity contribution in [3.8, 4) is 11.4 Å². The molecule has 4 rings (SSSR count). The van der Waals surface area contributed by atoms with Crippen molar-refractivity contribution in [3.05, 3.63) is 66.6 Å². The summed E-state index contributed by atoms with van der Waals surface area (Å²) in [7, 11) is 0. The number of hydrogen-bond donors (Lipinski definition) is 3. The number of piperazine rings is 1. The SMILES string of the molecule is CC(CC(N)=O)Nc1nc(-c2ccccc2)ncc1N1CCNCC1C(=O)c1ccncc1. The lowest BCUT2D eigenvalue weighted by molar-refractivity contribution is -0.118. The van der Waals surface area contributed by atoms with E-state index in [1.54, 1.807) is 30.7 Å². The molecule has 2 unspecified atom stereocenters. The van der Waals surface area contributed by atoms with Gasteiger partial charge in [0.1, 0.15) is 6.04 Å². The predicted octanol–water partition coefficient (Wildman–Crippen LogP) is 1.88. The maximum absolute atomic E-state index is 13.3. The van der Waals surface area contributed by atoms with Crippen molar-refractivity contribution in [1.82, 2.24) is 20.3 Å². The Bertz CT molecular complexity index is 1110. The Balaban J connectivity index is 1.72. The first-order chi connectivity index (χ1) is 16.0. The molecular weight excluding hydrogens is 418 g/mol. The minimum atomic E-state index is -0.431. The summed E-state index contributed by atoms with van der Waals surface area (Å²) in [4.78, 5) is 40.2. The van der Waals surface area contributed by atoms with E-state index >= 15 is 0 Å². The summed E-state index contributed by atoms with van der Waals surface area (Å²) in [6.45, 7) is 3.69.